The lowest BCUT2D eigenvalue weighted by Gasteiger charge is -2.17. The lowest BCUT2D eigenvalue weighted by Crippen LogP contribution is -1.90. The Balaban J connectivity index is 0.890. The average Bonchev–Trinajstić information content (AvgIpc) is 3.34. The molecule has 0 bridgehead atoms. The number of fused-ring (bicyclic) bond motifs is 5. The van der Waals surface area contributed by atoms with E-state index in [2.05, 4.69) is 218 Å². The molecule has 14 rings (SSSR count). The van der Waals surface area contributed by atoms with Crippen LogP contribution in [0.15, 0.2) is 218 Å². The van der Waals surface area contributed by atoms with Crippen molar-refractivity contribution in [3.8, 4) is 44.5 Å². The predicted octanol–water partition coefficient (Wildman–Crippen LogP) is 17.6. The van der Waals surface area contributed by atoms with Crippen LogP contribution in [0.3, 0.4) is 0 Å². The van der Waals surface area contributed by atoms with Crippen molar-refractivity contribution in [1.29, 1.82) is 0 Å². The lowest BCUT2D eigenvalue weighted by molar-refractivity contribution is 1.63. The molecule has 0 nitrogen and oxygen atoms in total. The third-order valence-corrected chi connectivity index (χ3v) is 14.0. The van der Waals surface area contributed by atoms with E-state index in [9.17, 15) is 0 Å². The van der Waals surface area contributed by atoms with Crippen LogP contribution in [0.25, 0.3) is 141 Å². The molecular formula is C62H36. The summed E-state index contributed by atoms with van der Waals surface area (Å²) in [7, 11) is 0. The lowest BCUT2D eigenvalue weighted by atomic mass is 9.86. The summed E-state index contributed by atoms with van der Waals surface area (Å²) in [4.78, 5) is 0. The molecule has 0 unspecified atom stereocenters. The van der Waals surface area contributed by atoms with Gasteiger partial charge < -0.3 is 0 Å². The molecule has 0 heteroatoms. The molecule has 0 saturated heterocycles. The fraction of sp³-hybridized carbons (Fsp3) is 0. The van der Waals surface area contributed by atoms with Crippen LogP contribution in [0.2, 0.25) is 0 Å². The van der Waals surface area contributed by atoms with Crippen molar-refractivity contribution < 1.29 is 0 Å². The van der Waals surface area contributed by atoms with Gasteiger partial charge in [-0.2, -0.15) is 0 Å². The summed E-state index contributed by atoms with van der Waals surface area (Å²) < 4.78 is 0. The minimum Gasteiger partial charge on any atom is -0.0616 e. The second-order valence-corrected chi connectivity index (χ2v) is 17.1. The molecule has 62 heavy (non-hydrogen) atoms. The molecule has 14 aromatic rings. The molecule has 0 aliphatic rings. The fourth-order valence-electron chi connectivity index (χ4n) is 11.1. The van der Waals surface area contributed by atoms with E-state index in [1.807, 2.05) is 0 Å². The summed E-state index contributed by atoms with van der Waals surface area (Å²) in [5.41, 5.74) is 9.96. The molecular weight excluding hydrogens is 745 g/mol. The summed E-state index contributed by atoms with van der Waals surface area (Å²) in [5.74, 6) is 0. The van der Waals surface area contributed by atoms with E-state index >= 15 is 0 Å². The second-order valence-electron chi connectivity index (χ2n) is 17.1. The number of benzene rings is 14. The number of hydrogen-bond donors (Lipinski definition) is 0. The van der Waals surface area contributed by atoms with E-state index < -0.39 is 0 Å². The van der Waals surface area contributed by atoms with Crippen molar-refractivity contribution in [2.24, 2.45) is 0 Å². The smallest absolute Gasteiger partial charge is 0.00206 e. The van der Waals surface area contributed by atoms with Gasteiger partial charge in [0.25, 0.3) is 0 Å². The molecule has 0 radical (unpaired) electrons. The zero-order valence-corrected chi connectivity index (χ0v) is 33.8. The maximum absolute atomic E-state index is 2.44. The molecule has 0 saturated carbocycles. The minimum absolute atomic E-state index is 1.22. The van der Waals surface area contributed by atoms with Gasteiger partial charge in [-0.3, -0.25) is 0 Å². The standard InChI is InChI=1S/C62H36/c1-3-13-51-49(11-1)55(39-19-15-37(16-20-39)47-31-27-45-25-23-41-7-5-9-43-29-33-53(47)61(45)59(41)43)35-58-52-14-4-2-12-50(52)56(36-57(51)58)40-21-17-38(18-22-40)48-32-28-46-26-24-42-8-6-10-44-30-34-54(48)62(46)60(42)44/h1-36H. The van der Waals surface area contributed by atoms with Gasteiger partial charge in [0.05, 0.1) is 0 Å². The van der Waals surface area contributed by atoms with Crippen molar-refractivity contribution in [2.75, 3.05) is 0 Å². The molecule has 0 atom stereocenters. The second kappa shape index (κ2) is 12.7. The van der Waals surface area contributed by atoms with E-state index in [-0.39, 0.29) is 0 Å². The Hall–Kier alpha value is -8.06. The van der Waals surface area contributed by atoms with E-state index in [1.165, 1.54) is 141 Å². The quantitative estimate of drug-likeness (QED) is 0.156. The fourth-order valence-corrected chi connectivity index (χ4v) is 11.1. The van der Waals surface area contributed by atoms with Crippen LogP contribution in [0.5, 0.6) is 0 Å². The Kier molecular flexibility index (Phi) is 6.92. The van der Waals surface area contributed by atoms with Crippen molar-refractivity contribution >= 4 is 97.0 Å². The summed E-state index contributed by atoms with van der Waals surface area (Å²) in [6.07, 6.45) is 0. The topological polar surface area (TPSA) is 0 Å². The van der Waals surface area contributed by atoms with Crippen molar-refractivity contribution in [1.82, 2.24) is 0 Å². The van der Waals surface area contributed by atoms with Crippen LogP contribution in [0.4, 0.5) is 0 Å². The van der Waals surface area contributed by atoms with Gasteiger partial charge >= 0.3 is 0 Å². The Bertz CT molecular complexity index is 3810. The first-order chi connectivity index (χ1) is 30.7. The van der Waals surface area contributed by atoms with Crippen molar-refractivity contribution in [2.45, 2.75) is 0 Å². The summed E-state index contributed by atoms with van der Waals surface area (Å²) in [6.45, 7) is 0. The molecule has 284 valence electrons. The monoisotopic (exact) mass is 780 g/mol. The molecule has 0 amide bonds. The molecule has 0 N–H and O–H groups in total. The van der Waals surface area contributed by atoms with Crippen LogP contribution in [-0.4, -0.2) is 0 Å². The Morgan fingerprint density at radius 1 is 0.161 bits per heavy atom. The van der Waals surface area contributed by atoms with Gasteiger partial charge in [0, 0.05) is 0 Å². The van der Waals surface area contributed by atoms with Gasteiger partial charge in [0.1, 0.15) is 0 Å². The molecule has 0 fully saturated rings. The molecule has 0 heterocycles. The Morgan fingerprint density at radius 2 is 0.468 bits per heavy atom. The molecule has 14 aromatic carbocycles. The average molecular weight is 781 g/mol. The normalized spacial score (nSPS) is 12.2. The van der Waals surface area contributed by atoms with Crippen molar-refractivity contribution in [3.63, 3.8) is 0 Å². The third kappa shape index (κ3) is 4.78. The number of hydrogen-bond acceptors (Lipinski definition) is 0. The first kappa shape index (κ1) is 33.7. The van der Waals surface area contributed by atoms with Gasteiger partial charge in [-0.1, -0.05) is 206 Å². The highest BCUT2D eigenvalue weighted by molar-refractivity contribution is 6.27. The first-order valence-corrected chi connectivity index (χ1v) is 21.7. The highest BCUT2D eigenvalue weighted by Crippen LogP contribution is 2.45. The largest absolute Gasteiger partial charge is 0.0616 e. The predicted molar refractivity (Wildman–Crippen MR) is 268 cm³/mol. The minimum atomic E-state index is 1.22. The van der Waals surface area contributed by atoms with Crippen LogP contribution >= 0.6 is 0 Å². The highest BCUT2D eigenvalue weighted by Gasteiger charge is 2.17. The number of rotatable bonds is 4. The van der Waals surface area contributed by atoms with E-state index in [4.69, 9.17) is 0 Å². The zero-order valence-electron chi connectivity index (χ0n) is 33.8. The molecule has 0 aliphatic carbocycles. The van der Waals surface area contributed by atoms with Gasteiger partial charge in [-0.05, 0) is 154 Å². The maximum Gasteiger partial charge on any atom is -0.00206 e. The van der Waals surface area contributed by atoms with Gasteiger partial charge in [-0.25, -0.2) is 0 Å². The van der Waals surface area contributed by atoms with Crippen molar-refractivity contribution in [3.05, 3.63) is 218 Å². The van der Waals surface area contributed by atoms with E-state index in [0.717, 1.165) is 0 Å². The van der Waals surface area contributed by atoms with Gasteiger partial charge in [0.15, 0.2) is 0 Å². The van der Waals surface area contributed by atoms with Crippen LogP contribution < -0.4 is 0 Å². The van der Waals surface area contributed by atoms with E-state index in [0.29, 0.717) is 0 Å². The summed E-state index contributed by atoms with van der Waals surface area (Å²) >= 11 is 0. The molecule has 0 aromatic heterocycles. The molecule has 0 aliphatic heterocycles. The summed E-state index contributed by atoms with van der Waals surface area (Å²) in [5, 5.41) is 23.4. The zero-order chi connectivity index (χ0) is 40.5. The van der Waals surface area contributed by atoms with Crippen LogP contribution in [0, 0.1) is 0 Å². The van der Waals surface area contributed by atoms with Gasteiger partial charge in [-0.15, -0.1) is 0 Å². The molecule has 0 spiro atoms. The Morgan fingerprint density at radius 3 is 0.855 bits per heavy atom. The van der Waals surface area contributed by atoms with E-state index in [1.54, 1.807) is 0 Å². The summed E-state index contributed by atoms with van der Waals surface area (Å²) in [6, 6.07) is 81.9. The SMILES string of the molecule is c1cc2ccc3ccc(-c4ccc(-c5cc6c7ccccc7c(-c7ccc(-c8ccc9ccc%10cccc%11ccc8c9c%10%11)cc7)cc6c6ccccc56)cc4)c4ccc(c1)c2c34. The maximum atomic E-state index is 2.44. The highest BCUT2D eigenvalue weighted by atomic mass is 14.2. The van der Waals surface area contributed by atoms with Gasteiger partial charge in [0.2, 0.25) is 0 Å². The van der Waals surface area contributed by atoms with Crippen LogP contribution in [-0.2, 0) is 0 Å². The Labute approximate surface area is 358 Å². The third-order valence-electron chi connectivity index (χ3n) is 14.0. The van der Waals surface area contributed by atoms with Crippen LogP contribution in [0.1, 0.15) is 0 Å². The first-order valence-electron chi connectivity index (χ1n) is 21.7.